The van der Waals surface area contributed by atoms with Crippen molar-refractivity contribution in [2.45, 2.75) is 58.7 Å². The van der Waals surface area contributed by atoms with Crippen LogP contribution in [0.2, 0.25) is 0 Å². The van der Waals surface area contributed by atoms with Crippen LogP contribution in [-0.4, -0.2) is 53.5 Å². The molecular formula is C24H32N2O4. The molecule has 162 valence electrons. The minimum atomic E-state index is -0.114. The number of rotatable bonds is 9. The van der Waals surface area contributed by atoms with E-state index in [1.165, 1.54) is 0 Å². The van der Waals surface area contributed by atoms with Crippen LogP contribution >= 0.6 is 0 Å². The van der Waals surface area contributed by atoms with Gasteiger partial charge in [-0.1, -0.05) is 24.6 Å². The van der Waals surface area contributed by atoms with Crippen molar-refractivity contribution in [1.82, 2.24) is 9.80 Å². The lowest BCUT2D eigenvalue weighted by atomic mass is 10.1. The van der Waals surface area contributed by atoms with E-state index in [1.54, 1.807) is 16.1 Å². The van der Waals surface area contributed by atoms with Gasteiger partial charge in [0.25, 0.3) is 5.91 Å². The molecule has 3 rings (SSSR count). The molecule has 6 heteroatoms. The molecule has 1 aromatic heterocycles. The molecule has 0 spiro atoms. The second-order valence-electron chi connectivity index (χ2n) is 8.05. The van der Waals surface area contributed by atoms with Gasteiger partial charge in [-0.05, 0) is 57.4 Å². The normalized spacial score (nSPS) is 17.0. The largest absolute Gasteiger partial charge is 0.467 e. The molecule has 2 heterocycles. The van der Waals surface area contributed by atoms with Crippen molar-refractivity contribution < 1.29 is 18.7 Å². The van der Waals surface area contributed by atoms with Gasteiger partial charge in [-0.3, -0.25) is 9.59 Å². The predicted octanol–water partition coefficient (Wildman–Crippen LogP) is 4.04. The maximum absolute atomic E-state index is 13.3. The fourth-order valence-corrected chi connectivity index (χ4v) is 3.72. The highest BCUT2D eigenvalue weighted by Crippen LogP contribution is 2.18. The number of furan rings is 1. The lowest BCUT2D eigenvalue weighted by molar-refractivity contribution is -0.134. The zero-order valence-electron chi connectivity index (χ0n) is 18.2. The van der Waals surface area contributed by atoms with Crippen molar-refractivity contribution in [1.29, 1.82) is 0 Å². The van der Waals surface area contributed by atoms with Crippen LogP contribution in [0, 0.1) is 6.92 Å². The van der Waals surface area contributed by atoms with Gasteiger partial charge < -0.3 is 19.0 Å². The number of benzene rings is 1. The molecule has 0 unspecified atom stereocenters. The average Bonchev–Trinajstić information content (AvgIpc) is 3.44. The summed E-state index contributed by atoms with van der Waals surface area (Å²) >= 11 is 0. The van der Waals surface area contributed by atoms with Crippen molar-refractivity contribution in [3.63, 3.8) is 0 Å². The summed E-state index contributed by atoms with van der Waals surface area (Å²) in [5.74, 6) is 0.515. The lowest BCUT2D eigenvalue weighted by Crippen LogP contribution is -2.47. The summed E-state index contributed by atoms with van der Waals surface area (Å²) in [7, 11) is 0. The highest BCUT2D eigenvalue weighted by atomic mass is 16.5. The fraction of sp³-hybridized carbons (Fsp3) is 0.500. The molecule has 0 N–H and O–H groups in total. The van der Waals surface area contributed by atoms with Crippen molar-refractivity contribution in [3.8, 4) is 0 Å². The molecule has 30 heavy (non-hydrogen) atoms. The molecule has 1 fully saturated rings. The average molecular weight is 413 g/mol. The first-order valence-electron chi connectivity index (χ1n) is 10.8. The molecule has 1 aromatic carbocycles. The maximum Gasteiger partial charge on any atom is 0.254 e. The molecule has 0 bridgehead atoms. The van der Waals surface area contributed by atoms with E-state index in [2.05, 4.69) is 0 Å². The quantitative estimate of drug-likeness (QED) is 0.624. The third kappa shape index (κ3) is 5.72. The van der Waals surface area contributed by atoms with Crippen molar-refractivity contribution in [2.75, 3.05) is 19.7 Å². The summed E-state index contributed by atoms with van der Waals surface area (Å²) in [6.45, 7) is 7.62. The molecule has 1 aliphatic rings. The van der Waals surface area contributed by atoms with Crippen molar-refractivity contribution in [2.24, 2.45) is 0 Å². The smallest absolute Gasteiger partial charge is 0.254 e. The third-order valence-corrected chi connectivity index (χ3v) is 5.68. The summed E-state index contributed by atoms with van der Waals surface area (Å²) in [6, 6.07) is 11.1. The van der Waals surface area contributed by atoms with Gasteiger partial charge in [0.05, 0.1) is 18.9 Å². The van der Waals surface area contributed by atoms with Crippen LogP contribution in [0.5, 0.6) is 0 Å². The Morgan fingerprint density at radius 2 is 2.07 bits per heavy atom. The van der Waals surface area contributed by atoms with E-state index in [4.69, 9.17) is 9.15 Å². The van der Waals surface area contributed by atoms with Gasteiger partial charge in [0, 0.05) is 24.8 Å². The Labute approximate surface area is 178 Å². The Kier molecular flexibility index (Phi) is 7.69. The van der Waals surface area contributed by atoms with Gasteiger partial charge in [-0.15, -0.1) is 0 Å². The monoisotopic (exact) mass is 412 g/mol. The van der Waals surface area contributed by atoms with Crippen LogP contribution in [0.25, 0.3) is 0 Å². The molecule has 1 saturated heterocycles. The van der Waals surface area contributed by atoms with Gasteiger partial charge in [0.15, 0.2) is 0 Å². The summed E-state index contributed by atoms with van der Waals surface area (Å²) in [6.07, 6.45) is 4.37. The Morgan fingerprint density at radius 3 is 2.70 bits per heavy atom. The van der Waals surface area contributed by atoms with Crippen molar-refractivity contribution in [3.05, 3.63) is 59.5 Å². The molecule has 2 aromatic rings. The first-order chi connectivity index (χ1) is 14.5. The Balaban J connectivity index is 1.77. The number of hydrogen-bond donors (Lipinski definition) is 0. The molecular weight excluding hydrogens is 380 g/mol. The van der Waals surface area contributed by atoms with Crippen LogP contribution in [0.1, 0.15) is 54.8 Å². The summed E-state index contributed by atoms with van der Waals surface area (Å²) in [4.78, 5) is 30.0. The van der Waals surface area contributed by atoms with Crippen LogP contribution in [0.3, 0.4) is 0 Å². The van der Waals surface area contributed by atoms with Gasteiger partial charge in [0.2, 0.25) is 5.91 Å². The third-order valence-electron chi connectivity index (χ3n) is 5.68. The van der Waals surface area contributed by atoms with E-state index in [-0.39, 0.29) is 30.5 Å². The molecule has 0 radical (unpaired) electrons. The van der Waals surface area contributed by atoms with Crippen LogP contribution in [0.15, 0.2) is 47.1 Å². The molecule has 0 saturated carbocycles. The minimum absolute atomic E-state index is 0.0356. The van der Waals surface area contributed by atoms with E-state index in [0.29, 0.717) is 18.7 Å². The number of ether oxygens (including phenoxy) is 1. The van der Waals surface area contributed by atoms with Crippen LogP contribution in [0.4, 0.5) is 0 Å². The number of aryl methyl sites for hydroxylation is 1. The Hall–Kier alpha value is -2.60. The Bertz CT molecular complexity index is 827. The van der Waals surface area contributed by atoms with Gasteiger partial charge in [-0.25, -0.2) is 0 Å². The summed E-state index contributed by atoms with van der Waals surface area (Å²) in [5, 5.41) is 0. The lowest BCUT2D eigenvalue weighted by Gasteiger charge is -2.32. The van der Waals surface area contributed by atoms with Gasteiger partial charge in [-0.2, -0.15) is 0 Å². The van der Waals surface area contributed by atoms with Gasteiger partial charge in [0.1, 0.15) is 12.3 Å². The minimum Gasteiger partial charge on any atom is -0.467 e. The second kappa shape index (κ2) is 10.4. The van der Waals surface area contributed by atoms with E-state index in [9.17, 15) is 9.59 Å². The highest BCUT2D eigenvalue weighted by Gasteiger charge is 2.28. The molecule has 6 nitrogen and oxygen atoms in total. The van der Waals surface area contributed by atoms with Gasteiger partial charge >= 0.3 is 0 Å². The number of carbonyl (C=O) groups excluding carboxylic acids is 2. The molecule has 2 atom stereocenters. The topological polar surface area (TPSA) is 63.0 Å². The molecule has 0 aliphatic carbocycles. The Morgan fingerprint density at radius 1 is 1.23 bits per heavy atom. The fourth-order valence-electron chi connectivity index (χ4n) is 3.72. The predicted molar refractivity (Wildman–Crippen MR) is 115 cm³/mol. The number of carbonyl (C=O) groups is 2. The van der Waals surface area contributed by atoms with Crippen LogP contribution in [-0.2, 0) is 16.1 Å². The first-order valence-corrected chi connectivity index (χ1v) is 10.8. The molecule has 1 aliphatic heterocycles. The van der Waals surface area contributed by atoms with Crippen molar-refractivity contribution >= 4 is 11.8 Å². The van der Waals surface area contributed by atoms with E-state index < -0.39 is 0 Å². The maximum atomic E-state index is 13.3. The van der Waals surface area contributed by atoms with E-state index >= 15 is 0 Å². The zero-order valence-corrected chi connectivity index (χ0v) is 18.2. The number of nitrogens with zero attached hydrogens (tertiary/aromatic N) is 2. The van der Waals surface area contributed by atoms with E-state index in [0.717, 1.165) is 37.2 Å². The zero-order chi connectivity index (χ0) is 21.5. The first kappa shape index (κ1) is 22.1. The molecule has 2 amide bonds. The standard InChI is InChI=1S/C24H32N2O4/c1-4-19(3)26(24(28)20-9-5-8-18(2)14-20)17-23(27)25(15-21-10-6-12-29-21)16-22-11-7-13-30-22/h5-6,8-10,12,14,19,22H,4,7,11,13,15-17H2,1-3H3/t19-,22+/m0/s1. The number of amides is 2. The van der Waals surface area contributed by atoms with Crippen LogP contribution < -0.4 is 0 Å². The second-order valence-corrected chi connectivity index (χ2v) is 8.05. The summed E-state index contributed by atoms with van der Waals surface area (Å²) in [5.41, 5.74) is 1.63. The SMILES string of the molecule is CC[C@H](C)N(CC(=O)N(Cc1ccco1)C[C@H]1CCCO1)C(=O)c1cccc(C)c1. The highest BCUT2D eigenvalue weighted by molar-refractivity contribution is 5.96. The van der Waals surface area contributed by atoms with E-state index in [1.807, 2.05) is 57.2 Å². The summed E-state index contributed by atoms with van der Waals surface area (Å²) < 4.78 is 11.2. The number of hydrogen-bond acceptors (Lipinski definition) is 4.